The first-order valence-electron chi connectivity index (χ1n) is 11.3. The number of hydrogen-bond acceptors (Lipinski definition) is 5. The Kier molecular flexibility index (Phi) is 8.13. The van der Waals surface area contributed by atoms with E-state index < -0.39 is 30.1 Å². The topological polar surface area (TPSA) is 128 Å². The minimum Gasteiger partial charge on any atom is -0.497 e. The summed E-state index contributed by atoms with van der Waals surface area (Å²) in [5.74, 6) is -1.16. The number of carboxylic acids is 1. The maximum absolute atomic E-state index is 13.3. The number of carbonyl (C=O) groups is 4. The number of amides is 4. The molecule has 1 aromatic carbocycles. The summed E-state index contributed by atoms with van der Waals surface area (Å²) in [7, 11) is 1.54. The Morgan fingerprint density at radius 3 is 2.27 bits per heavy atom. The molecule has 2 aliphatic rings. The fourth-order valence-corrected chi connectivity index (χ4v) is 4.64. The number of benzene rings is 1. The lowest BCUT2D eigenvalue weighted by Gasteiger charge is -2.34. The minimum atomic E-state index is -1.14. The number of ether oxygens (including phenoxy) is 1. The second kappa shape index (κ2) is 11.0. The van der Waals surface area contributed by atoms with Gasteiger partial charge >= 0.3 is 12.0 Å². The van der Waals surface area contributed by atoms with Crippen molar-refractivity contribution in [2.45, 2.75) is 57.7 Å². The SMILES string of the molecule is COc1ccc(NC(=O)N2CCN(C(C)=O)C2C(=O)NC(CC(=O)O)C2CCCCC2)cc1. The molecule has 0 spiro atoms. The van der Waals surface area contributed by atoms with Gasteiger partial charge in [0, 0.05) is 31.7 Å². The zero-order valence-corrected chi connectivity index (χ0v) is 19.1. The van der Waals surface area contributed by atoms with Crippen LogP contribution in [0.3, 0.4) is 0 Å². The Balaban J connectivity index is 1.75. The second-order valence-electron chi connectivity index (χ2n) is 8.55. The first-order valence-corrected chi connectivity index (χ1v) is 11.3. The van der Waals surface area contributed by atoms with Crippen molar-refractivity contribution in [3.63, 3.8) is 0 Å². The molecule has 0 aromatic heterocycles. The van der Waals surface area contributed by atoms with E-state index in [0.717, 1.165) is 32.1 Å². The molecule has 10 heteroatoms. The predicted octanol–water partition coefficient (Wildman–Crippen LogP) is 2.26. The lowest BCUT2D eigenvalue weighted by Crippen LogP contribution is -2.57. The van der Waals surface area contributed by atoms with Gasteiger partial charge in [-0.05, 0) is 43.0 Å². The number of rotatable bonds is 7. The molecule has 2 unspecified atom stereocenters. The Bertz CT molecular complexity index is 868. The van der Waals surface area contributed by atoms with E-state index in [4.69, 9.17) is 4.74 Å². The number of hydrogen-bond donors (Lipinski definition) is 3. The number of aliphatic carboxylic acids is 1. The van der Waals surface area contributed by atoms with Crippen LogP contribution in [0.15, 0.2) is 24.3 Å². The molecule has 1 aliphatic carbocycles. The first-order chi connectivity index (χ1) is 15.8. The highest BCUT2D eigenvalue weighted by molar-refractivity contribution is 5.96. The number of nitrogens with one attached hydrogen (secondary N) is 2. The fraction of sp³-hybridized carbons (Fsp3) is 0.565. The van der Waals surface area contributed by atoms with Gasteiger partial charge in [-0.2, -0.15) is 0 Å². The smallest absolute Gasteiger partial charge is 0.323 e. The van der Waals surface area contributed by atoms with Gasteiger partial charge in [-0.3, -0.25) is 19.3 Å². The van der Waals surface area contributed by atoms with Gasteiger partial charge in [0.05, 0.1) is 13.5 Å². The Hall–Kier alpha value is -3.30. The van der Waals surface area contributed by atoms with E-state index in [-0.39, 0.29) is 31.3 Å². The summed E-state index contributed by atoms with van der Waals surface area (Å²) >= 11 is 0. The highest BCUT2D eigenvalue weighted by Crippen LogP contribution is 2.28. The standard InChI is InChI=1S/C23H32N4O6/c1-15(28)26-12-13-27(23(32)24-17-8-10-18(33-2)11-9-17)22(26)21(31)25-19(14-20(29)30)16-6-4-3-5-7-16/h8-11,16,19,22H,3-7,12-14H2,1-2H3,(H,24,32)(H,25,31)(H,29,30). The molecule has 1 saturated carbocycles. The third-order valence-corrected chi connectivity index (χ3v) is 6.35. The third kappa shape index (κ3) is 6.15. The van der Waals surface area contributed by atoms with Gasteiger partial charge in [0.2, 0.25) is 5.91 Å². The first kappa shape index (κ1) is 24.3. The summed E-state index contributed by atoms with van der Waals surface area (Å²) in [6.07, 6.45) is 3.46. The number of methoxy groups -OCH3 is 1. The van der Waals surface area contributed by atoms with Gasteiger partial charge in [0.15, 0.2) is 6.17 Å². The van der Waals surface area contributed by atoms with Crippen LogP contribution in [-0.2, 0) is 14.4 Å². The summed E-state index contributed by atoms with van der Waals surface area (Å²) in [5, 5.41) is 15.0. The molecular formula is C23H32N4O6. The summed E-state index contributed by atoms with van der Waals surface area (Å²) < 4.78 is 5.12. The van der Waals surface area contributed by atoms with Crippen LogP contribution in [0, 0.1) is 5.92 Å². The summed E-state index contributed by atoms with van der Waals surface area (Å²) in [5.41, 5.74) is 0.521. The van der Waals surface area contributed by atoms with Crippen LogP contribution in [-0.4, -0.2) is 71.1 Å². The van der Waals surface area contributed by atoms with E-state index in [1.54, 1.807) is 31.4 Å². The lowest BCUT2D eigenvalue weighted by atomic mass is 9.82. The molecule has 1 heterocycles. The molecule has 2 fully saturated rings. The molecule has 3 rings (SSSR count). The summed E-state index contributed by atoms with van der Waals surface area (Å²) in [6, 6.07) is 5.69. The van der Waals surface area contributed by atoms with Gasteiger partial charge in [0.25, 0.3) is 5.91 Å². The number of carboxylic acid groups (broad SMARTS) is 1. The zero-order valence-electron chi connectivity index (χ0n) is 19.1. The largest absolute Gasteiger partial charge is 0.497 e. The van der Waals surface area contributed by atoms with Gasteiger partial charge in [-0.25, -0.2) is 4.79 Å². The van der Waals surface area contributed by atoms with Gasteiger partial charge in [0.1, 0.15) is 5.75 Å². The molecule has 180 valence electrons. The highest BCUT2D eigenvalue weighted by Gasteiger charge is 2.43. The molecule has 1 aromatic rings. The van der Waals surface area contributed by atoms with E-state index in [0.29, 0.717) is 11.4 Å². The quantitative estimate of drug-likeness (QED) is 0.573. The number of urea groups is 1. The molecule has 2 atom stereocenters. The van der Waals surface area contributed by atoms with E-state index in [1.807, 2.05) is 0 Å². The number of carbonyl (C=O) groups excluding carboxylic acids is 3. The molecule has 1 aliphatic heterocycles. The molecule has 33 heavy (non-hydrogen) atoms. The highest BCUT2D eigenvalue weighted by atomic mass is 16.5. The van der Waals surface area contributed by atoms with Crippen LogP contribution in [0.1, 0.15) is 45.4 Å². The summed E-state index contributed by atoms with van der Waals surface area (Å²) in [4.78, 5) is 52.6. The molecule has 1 saturated heterocycles. The van der Waals surface area contributed by atoms with Crippen molar-refractivity contribution in [1.82, 2.24) is 15.1 Å². The zero-order chi connectivity index (χ0) is 24.0. The second-order valence-corrected chi connectivity index (χ2v) is 8.55. The van der Waals surface area contributed by atoms with E-state index in [9.17, 15) is 24.3 Å². The predicted molar refractivity (Wildman–Crippen MR) is 121 cm³/mol. The molecular weight excluding hydrogens is 428 g/mol. The average molecular weight is 461 g/mol. The monoisotopic (exact) mass is 460 g/mol. The van der Waals surface area contributed by atoms with Crippen molar-refractivity contribution in [2.24, 2.45) is 5.92 Å². The van der Waals surface area contributed by atoms with Crippen molar-refractivity contribution in [3.05, 3.63) is 24.3 Å². The van der Waals surface area contributed by atoms with E-state index >= 15 is 0 Å². The normalized spacial score (nSPS) is 19.6. The Morgan fingerprint density at radius 1 is 1.06 bits per heavy atom. The molecule has 3 N–H and O–H groups in total. The van der Waals surface area contributed by atoms with Crippen molar-refractivity contribution in [2.75, 3.05) is 25.5 Å². The molecule has 0 bridgehead atoms. The van der Waals surface area contributed by atoms with E-state index in [1.165, 1.54) is 16.7 Å². The Labute approximate surface area is 193 Å². The maximum atomic E-state index is 13.3. The van der Waals surface area contributed by atoms with Crippen molar-refractivity contribution in [1.29, 1.82) is 0 Å². The Morgan fingerprint density at radius 2 is 1.70 bits per heavy atom. The van der Waals surface area contributed by atoms with Crippen LogP contribution in [0.5, 0.6) is 5.75 Å². The lowest BCUT2D eigenvalue weighted by molar-refractivity contribution is -0.142. The van der Waals surface area contributed by atoms with Gasteiger partial charge in [-0.1, -0.05) is 19.3 Å². The van der Waals surface area contributed by atoms with Gasteiger partial charge < -0.3 is 25.4 Å². The average Bonchev–Trinajstić information content (AvgIpc) is 3.25. The van der Waals surface area contributed by atoms with Crippen LogP contribution in [0.25, 0.3) is 0 Å². The van der Waals surface area contributed by atoms with E-state index in [2.05, 4.69) is 10.6 Å². The third-order valence-electron chi connectivity index (χ3n) is 6.35. The van der Waals surface area contributed by atoms with Crippen LogP contribution < -0.4 is 15.4 Å². The number of nitrogens with zero attached hydrogens (tertiary/aromatic N) is 2. The van der Waals surface area contributed by atoms with Crippen LogP contribution in [0.4, 0.5) is 10.5 Å². The number of anilines is 1. The van der Waals surface area contributed by atoms with Crippen molar-refractivity contribution < 1.29 is 29.0 Å². The van der Waals surface area contributed by atoms with Crippen molar-refractivity contribution in [3.8, 4) is 5.75 Å². The van der Waals surface area contributed by atoms with Gasteiger partial charge in [-0.15, -0.1) is 0 Å². The minimum absolute atomic E-state index is 0.0626. The van der Waals surface area contributed by atoms with Crippen LogP contribution in [0.2, 0.25) is 0 Å². The summed E-state index contributed by atoms with van der Waals surface area (Å²) in [6.45, 7) is 1.75. The van der Waals surface area contributed by atoms with Crippen LogP contribution >= 0.6 is 0 Å². The van der Waals surface area contributed by atoms with Crippen molar-refractivity contribution >= 4 is 29.5 Å². The molecule has 10 nitrogen and oxygen atoms in total. The fourth-order valence-electron chi connectivity index (χ4n) is 4.64. The maximum Gasteiger partial charge on any atom is 0.323 e. The molecule has 4 amide bonds. The molecule has 0 radical (unpaired) electrons.